The summed E-state index contributed by atoms with van der Waals surface area (Å²) in [7, 11) is 4.35. The Labute approximate surface area is 98.6 Å². The lowest BCUT2D eigenvalue weighted by molar-refractivity contribution is -0.134. The predicted molar refractivity (Wildman–Crippen MR) is 63.3 cm³/mol. The first kappa shape index (κ1) is 12.5. The first-order chi connectivity index (χ1) is 7.60. The van der Waals surface area contributed by atoms with E-state index < -0.39 is 0 Å². The molecular formula is C12H13O3Si. The van der Waals surface area contributed by atoms with Gasteiger partial charge in [-0.1, -0.05) is 6.07 Å². The van der Waals surface area contributed by atoms with Crippen LogP contribution in [0.15, 0.2) is 18.2 Å². The first-order valence-electron chi connectivity index (χ1n) is 4.80. The van der Waals surface area contributed by atoms with Crippen LogP contribution in [0.5, 0.6) is 5.75 Å². The summed E-state index contributed by atoms with van der Waals surface area (Å²) in [5, 5.41) is 0. The molecule has 3 radical (unpaired) electrons. The van der Waals surface area contributed by atoms with Crippen molar-refractivity contribution in [2.45, 2.75) is 13.8 Å². The maximum Gasteiger partial charge on any atom is 0.341 e. The van der Waals surface area contributed by atoms with Gasteiger partial charge in [0.25, 0.3) is 0 Å². The average molecular weight is 233 g/mol. The highest BCUT2D eigenvalue weighted by Crippen LogP contribution is 2.24. The third-order valence-corrected chi connectivity index (χ3v) is 2.71. The lowest BCUT2D eigenvalue weighted by Crippen LogP contribution is -1.96. The minimum Gasteiger partial charge on any atom is -0.540 e. The van der Waals surface area contributed by atoms with E-state index in [0.29, 0.717) is 0 Å². The second-order valence-electron chi connectivity index (χ2n) is 3.36. The molecule has 0 N–H and O–H groups in total. The van der Waals surface area contributed by atoms with Crippen molar-refractivity contribution in [3.05, 3.63) is 34.9 Å². The molecule has 0 atom stereocenters. The largest absolute Gasteiger partial charge is 0.540 e. The van der Waals surface area contributed by atoms with E-state index in [1.165, 1.54) is 13.2 Å². The molecule has 0 heterocycles. The molecule has 1 aromatic carbocycles. The smallest absolute Gasteiger partial charge is 0.341 e. The molecule has 0 saturated heterocycles. The van der Waals surface area contributed by atoms with E-state index in [2.05, 4.69) is 15.2 Å². The van der Waals surface area contributed by atoms with Gasteiger partial charge in [-0.2, -0.15) is 0 Å². The standard InChI is InChI=1S/C12H13O3Si/c1-8-9(2)11(15-16)6-4-10(8)5-7-12(13)14-3/h4-7H,1-3H3. The third kappa shape index (κ3) is 2.73. The van der Waals surface area contributed by atoms with Crippen molar-refractivity contribution in [3.63, 3.8) is 0 Å². The van der Waals surface area contributed by atoms with Crippen LogP contribution in [-0.2, 0) is 9.53 Å². The molecule has 0 aromatic heterocycles. The molecular weight excluding hydrogens is 220 g/mol. The molecule has 4 heteroatoms. The van der Waals surface area contributed by atoms with Crippen LogP contribution in [0.1, 0.15) is 16.7 Å². The Hall–Kier alpha value is -1.55. The van der Waals surface area contributed by atoms with Gasteiger partial charge in [0.1, 0.15) is 5.75 Å². The maximum absolute atomic E-state index is 11.0. The van der Waals surface area contributed by atoms with E-state index >= 15 is 0 Å². The Bertz CT molecular complexity index is 425. The van der Waals surface area contributed by atoms with E-state index in [-0.39, 0.29) is 5.97 Å². The topological polar surface area (TPSA) is 35.5 Å². The average Bonchev–Trinajstić information content (AvgIpc) is 2.30. The van der Waals surface area contributed by atoms with Gasteiger partial charge in [-0.25, -0.2) is 4.79 Å². The second kappa shape index (κ2) is 5.51. The highest BCUT2D eigenvalue weighted by Gasteiger charge is 2.04. The second-order valence-corrected chi connectivity index (χ2v) is 3.57. The quantitative estimate of drug-likeness (QED) is 0.455. The lowest BCUT2D eigenvalue weighted by atomic mass is 10.0. The van der Waals surface area contributed by atoms with Gasteiger partial charge in [0, 0.05) is 6.08 Å². The van der Waals surface area contributed by atoms with Crippen LogP contribution in [0, 0.1) is 13.8 Å². The molecule has 1 aromatic rings. The number of rotatable bonds is 3. The fourth-order valence-electron chi connectivity index (χ4n) is 1.33. The Morgan fingerprint density at radius 3 is 2.56 bits per heavy atom. The minimum absolute atomic E-state index is 0.363. The molecule has 0 saturated carbocycles. The Balaban J connectivity index is 3.03. The van der Waals surface area contributed by atoms with Crippen molar-refractivity contribution in [2.24, 2.45) is 0 Å². The van der Waals surface area contributed by atoms with E-state index in [0.717, 1.165) is 22.4 Å². The van der Waals surface area contributed by atoms with Crippen LogP contribution >= 0.6 is 0 Å². The number of carbonyl (C=O) groups is 1. The van der Waals surface area contributed by atoms with Crippen LogP contribution < -0.4 is 4.43 Å². The van der Waals surface area contributed by atoms with Gasteiger partial charge in [0.15, 0.2) is 0 Å². The van der Waals surface area contributed by atoms with E-state index in [4.69, 9.17) is 4.43 Å². The van der Waals surface area contributed by atoms with Gasteiger partial charge in [-0.05, 0) is 42.7 Å². The third-order valence-electron chi connectivity index (χ3n) is 2.49. The summed E-state index contributed by atoms with van der Waals surface area (Å²) in [6.07, 6.45) is 3.13. The van der Waals surface area contributed by atoms with Crippen molar-refractivity contribution in [3.8, 4) is 5.75 Å². The van der Waals surface area contributed by atoms with Gasteiger partial charge in [0.05, 0.1) is 7.11 Å². The molecule has 0 unspecified atom stereocenters. The van der Waals surface area contributed by atoms with Crippen molar-refractivity contribution in [1.29, 1.82) is 0 Å². The normalized spacial score (nSPS) is 10.5. The van der Waals surface area contributed by atoms with Gasteiger partial charge >= 0.3 is 16.5 Å². The number of methoxy groups -OCH3 is 1. The zero-order valence-corrected chi connectivity index (χ0v) is 10.5. The molecule has 83 valence electrons. The van der Waals surface area contributed by atoms with Crippen molar-refractivity contribution >= 4 is 22.5 Å². The number of ether oxygens (including phenoxy) is 1. The van der Waals surface area contributed by atoms with Gasteiger partial charge in [0.2, 0.25) is 0 Å². The molecule has 0 fully saturated rings. The van der Waals surface area contributed by atoms with Crippen LogP contribution in [-0.4, -0.2) is 23.6 Å². The van der Waals surface area contributed by atoms with E-state index in [1.54, 1.807) is 6.08 Å². The van der Waals surface area contributed by atoms with Crippen LogP contribution in [0.25, 0.3) is 6.08 Å². The van der Waals surface area contributed by atoms with Crippen molar-refractivity contribution in [2.75, 3.05) is 7.11 Å². The monoisotopic (exact) mass is 233 g/mol. The zero-order chi connectivity index (χ0) is 12.1. The lowest BCUT2D eigenvalue weighted by Gasteiger charge is -2.10. The van der Waals surface area contributed by atoms with Gasteiger partial charge in [-0.15, -0.1) is 0 Å². The van der Waals surface area contributed by atoms with Crippen LogP contribution in [0.3, 0.4) is 0 Å². The SMILES string of the molecule is COC(=O)C=Cc1ccc(O[Si])c(C)c1C. The summed E-state index contributed by atoms with van der Waals surface area (Å²) in [6, 6.07) is 3.73. The summed E-state index contributed by atoms with van der Waals surface area (Å²) in [5.41, 5.74) is 3.06. The van der Waals surface area contributed by atoms with E-state index in [1.807, 2.05) is 26.0 Å². The Kier molecular flexibility index (Phi) is 4.31. The molecule has 0 aliphatic carbocycles. The summed E-state index contributed by atoms with van der Waals surface area (Å²) >= 11 is 0. The van der Waals surface area contributed by atoms with Crippen molar-refractivity contribution < 1.29 is 14.0 Å². The molecule has 0 aliphatic heterocycles. The number of esters is 1. The zero-order valence-electron chi connectivity index (χ0n) is 9.53. The maximum atomic E-state index is 11.0. The molecule has 3 nitrogen and oxygen atoms in total. The summed E-state index contributed by atoms with van der Waals surface area (Å²) in [5.74, 6) is 0.405. The molecule has 16 heavy (non-hydrogen) atoms. The number of carbonyl (C=O) groups excluding carboxylic acids is 1. The predicted octanol–water partition coefficient (Wildman–Crippen LogP) is 1.95. The highest BCUT2D eigenvalue weighted by atomic mass is 28.2. The number of benzene rings is 1. The summed E-state index contributed by atoms with van der Waals surface area (Å²) in [4.78, 5) is 11.0. The highest BCUT2D eigenvalue weighted by molar-refractivity contribution is 6.00. The summed E-state index contributed by atoms with van der Waals surface area (Å²) in [6.45, 7) is 3.93. The first-order valence-corrected chi connectivity index (χ1v) is 5.20. The number of hydrogen-bond donors (Lipinski definition) is 0. The molecule has 0 bridgehead atoms. The molecule has 0 spiro atoms. The molecule has 0 amide bonds. The Morgan fingerprint density at radius 2 is 2.00 bits per heavy atom. The fourth-order valence-corrected chi connectivity index (χ4v) is 1.55. The van der Waals surface area contributed by atoms with Gasteiger partial charge in [-0.3, -0.25) is 0 Å². The fraction of sp³-hybridized carbons (Fsp3) is 0.250. The molecule has 0 aliphatic rings. The molecule has 1 rings (SSSR count). The number of hydrogen-bond acceptors (Lipinski definition) is 3. The Morgan fingerprint density at radius 1 is 1.31 bits per heavy atom. The summed E-state index contributed by atoms with van der Waals surface area (Å²) < 4.78 is 9.55. The van der Waals surface area contributed by atoms with Crippen molar-refractivity contribution in [1.82, 2.24) is 0 Å². The van der Waals surface area contributed by atoms with E-state index in [9.17, 15) is 4.79 Å². The van der Waals surface area contributed by atoms with Crippen LogP contribution in [0.4, 0.5) is 0 Å². The minimum atomic E-state index is -0.363. The van der Waals surface area contributed by atoms with Crippen LogP contribution in [0.2, 0.25) is 0 Å². The van der Waals surface area contributed by atoms with Gasteiger partial charge < -0.3 is 9.16 Å².